The molecule has 254 valence electrons. The van der Waals surface area contributed by atoms with Crippen molar-refractivity contribution in [1.29, 1.82) is 0 Å². The number of benzene rings is 3. The van der Waals surface area contributed by atoms with E-state index in [2.05, 4.69) is 0 Å². The molecule has 3 aromatic rings. The molecule has 0 radical (unpaired) electrons. The van der Waals surface area contributed by atoms with Crippen molar-refractivity contribution in [2.75, 3.05) is 16.9 Å². The van der Waals surface area contributed by atoms with Crippen LogP contribution in [0.3, 0.4) is 0 Å². The number of anilines is 2. The van der Waals surface area contributed by atoms with Crippen molar-refractivity contribution < 1.29 is 51.0 Å². The molecular weight excluding hydrogens is 722 g/mol. The number of phenolic OH excluding ortho intramolecular Hbond substituents is 1. The highest BCUT2D eigenvalue weighted by atomic mass is 35.5. The number of fused-ring (bicyclic) bond motifs is 4. The number of ether oxygens (including phenoxy) is 1. The van der Waals surface area contributed by atoms with Gasteiger partial charge in [0.15, 0.2) is 44.5 Å². The van der Waals surface area contributed by atoms with Gasteiger partial charge in [-0.05, 0) is 60.7 Å². The summed E-state index contributed by atoms with van der Waals surface area (Å²) in [4.78, 5) is 51.6. The van der Waals surface area contributed by atoms with Gasteiger partial charge in [0.25, 0.3) is 11.8 Å². The first-order valence-corrected chi connectivity index (χ1v) is 15.7. The third kappa shape index (κ3) is 4.27. The zero-order valence-electron chi connectivity index (χ0n) is 24.7. The molecule has 49 heavy (non-hydrogen) atoms. The fraction of sp³-hybridized carbons (Fsp3) is 0.273. The fourth-order valence-corrected chi connectivity index (χ4v) is 8.73. The minimum atomic E-state index is -2.72. The number of nitrogens with zero attached hydrogens (tertiary/aromatic N) is 2. The minimum Gasteiger partial charge on any atom is -0.504 e. The number of alkyl halides is 2. The Morgan fingerprint density at radius 3 is 2.02 bits per heavy atom. The van der Waals surface area contributed by atoms with E-state index in [-0.39, 0.29) is 33.9 Å². The summed E-state index contributed by atoms with van der Waals surface area (Å²) in [7, 11) is 1.26. The van der Waals surface area contributed by atoms with E-state index in [0.29, 0.717) is 5.02 Å². The molecule has 16 heteroatoms. The van der Waals surface area contributed by atoms with Crippen LogP contribution in [0, 0.1) is 46.8 Å². The third-order valence-electron chi connectivity index (χ3n) is 9.84. The van der Waals surface area contributed by atoms with Crippen molar-refractivity contribution in [2.45, 2.75) is 28.5 Å². The average Bonchev–Trinajstić information content (AvgIpc) is 3.41. The molecule has 1 N–H and O–H groups in total. The van der Waals surface area contributed by atoms with Gasteiger partial charge in [0, 0.05) is 10.9 Å². The highest BCUT2D eigenvalue weighted by molar-refractivity contribution is 6.58. The Morgan fingerprint density at radius 1 is 0.816 bits per heavy atom. The number of amides is 4. The SMILES string of the molecule is COc1ccc([C@H]2C3=CC[C@@H]4C(=O)N(c5ccc(Cl)cc5)C(=O)[C@@H]4[C@@H]3C[C@@]3(Cl)C(=O)N(c4c(F)c(F)c(F)c(F)c4F)C(=O)[C@@]23Cl)cc1O. The van der Waals surface area contributed by atoms with Crippen LogP contribution in [0.25, 0.3) is 0 Å². The third-order valence-corrected chi connectivity index (χ3v) is 11.5. The van der Waals surface area contributed by atoms with E-state index in [4.69, 9.17) is 39.5 Å². The number of hydrogen-bond donors (Lipinski definition) is 1. The molecule has 2 heterocycles. The van der Waals surface area contributed by atoms with Gasteiger partial charge in [-0.2, -0.15) is 0 Å². The lowest BCUT2D eigenvalue weighted by molar-refractivity contribution is -0.125. The zero-order valence-corrected chi connectivity index (χ0v) is 27.0. The first-order valence-electron chi connectivity index (χ1n) is 14.6. The maximum atomic E-state index is 15.2. The molecule has 3 fully saturated rings. The van der Waals surface area contributed by atoms with Gasteiger partial charge in [0.05, 0.1) is 24.6 Å². The van der Waals surface area contributed by atoms with E-state index >= 15 is 8.78 Å². The molecule has 0 spiro atoms. The van der Waals surface area contributed by atoms with Gasteiger partial charge in [0.2, 0.25) is 17.6 Å². The van der Waals surface area contributed by atoms with Crippen LogP contribution in [-0.4, -0.2) is 45.6 Å². The summed E-state index contributed by atoms with van der Waals surface area (Å²) in [5, 5.41) is 11.0. The normalized spacial score (nSPS) is 29.2. The van der Waals surface area contributed by atoms with Crippen molar-refractivity contribution >= 4 is 69.8 Å². The summed E-state index contributed by atoms with van der Waals surface area (Å²) in [6, 6.07) is 9.67. The highest BCUT2D eigenvalue weighted by Crippen LogP contribution is 2.66. The van der Waals surface area contributed by atoms with Crippen molar-refractivity contribution in [1.82, 2.24) is 0 Å². The predicted octanol–water partition coefficient (Wildman–Crippen LogP) is 6.52. The summed E-state index contributed by atoms with van der Waals surface area (Å²) in [5.74, 6) is -22.1. The van der Waals surface area contributed by atoms with E-state index in [0.717, 1.165) is 11.0 Å². The van der Waals surface area contributed by atoms with Crippen LogP contribution in [-0.2, 0) is 19.2 Å². The molecule has 2 aliphatic heterocycles. The lowest BCUT2D eigenvalue weighted by Crippen LogP contribution is -2.60. The van der Waals surface area contributed by atoms with Crippen LogP contribution in [0.1, 0.15) is 24.3 Å². The Labute approximate surface area is 288 Å². The predicted molar refractivity (Wildman–Crippen MR) is 165 cm³/mol. The summed E-state index contributed by atoms with van der Waals surface area (Å²) in [6.45, 7) is 0. The quantitative estimate of drug-likeness (QED) is 0.0817. The van der Waals surface area contributed by atoms with Crippen molar-refractivity contribution in [2.24, 2.45) is 17.8 Å². The zero-order chi connectivity index (χ0) is 35.5. The number of methoxy groups -OCH3 is 1. The number of rotatable bonds is 4. The lowest BCUT2D eigenvalue weighted by Gasteiger charge is -2.50. The second kappa shape index (κ2) is 11.2. The number of carbonyl (C=O) groups excluding carboxylic acids is 4. The second-order valence-electron chi connectivity index (χ2n) is 12.1. The average molecular weight is 742 g/mol. The Morgan fingerprint density at radius 2 is 1.43 bits per heavy atom. The summed E-state index contributed by atoms with van der Waals surface area (Å²) >= 11 is 20.2. The molecule has 0 bridgehead atoms. The topological polar surface area (TPSA) is 104 Å². The number of imide groups is 2. The molecule has 0 aromatic heterocycles. The molecule has 8 nitrogen and oxygen atoms in total. The van der Waals surface area contributed by atoms with Crippen molar-refractivity contribution in [3.8, 4) is 11.5 Å². The Kier molecular flexibility index (Phi) is 7.58. The summed E-state index contributed by atoms with van der Waals surface area (Å²) < 4.78 is 78.2. The number of aromatic hydroxyl groups is 1. The van der Waals surface area contributed by atoms with Crippen LogP contribution >= 0.6 is 34.8 Å². The van der Waals surface area contributed by atoms with Gasteiger partial charge < -0.3 is 9.84 Å². The lowest BCUT2D eigenvalue weighted by atomic mass is 9.56. The van der Waals surface area contributed by atoms with Gasteiger partial charge in [-0.1, -0.05) is 29.3 Å². The molecule has 4 amide bonds. The van der Waals surface area contributed by atoms with E-state index in [1.165, 1.54) is 43.5 Å². The standard InChI is InChI=1S/C33H20Cl3F5N2O6/c1-49-19-9-2-12(10-18(19)44)21-15-7-8-16-20(29(46)42(28(16)45)14-5-3-13(34)4-6-14)17(15)11-32(35)30(47)43(31(48)33(21,32)36)27-25(40)23(38)22(37)24(39)26(27)41/h2-7,9-10,16-17,20-21,44H,8,11H2,1H3/t16-,17+,20-,21-,32+,33-/m0/s1. The van der Waals surface area contributed by atoms with Gasteiger partial charge in [0.1, 0.15) is 5.69 Å². The number of carbonyl (C=O) groups is 4. The van der Waals surface area contributed by atoms with Gasteiger partial charge in [-0.15, -0.1) is 23.2 Å². The van der Waals surface area contributed by atoms with Crippen molar-refractivity contribution in [3.63, 3.8) is 0 Å². The molecule has 2 saturated heterocycles. The highest BCUT2D eigenvalue weighted by Gasteiger charge is 2.77. The molecule has 6 atom stereocenters. The molecule has 2 aliphatic carbocycles. The first kappa shape index (κ1) is 33.3. The van der Waals surface area contributed by atoms with Crippen LogP contribution in [0.5, 0.6) is 11.5 Å². The van der Waals surface area contributed by atoms with Crippen molar-refractivity contribution in [3.05, 3.63) is 93.8 Å². The first-order chi connectivity index (χ1) is 23.1. The maximum absolute atomic E-state index is 15.2. The Balaban J connectivity index is 1.43. The van der Waals surface area contributed by atoms with Crippen LogP contribution in [0.15, 0.2) is 54.1 Å². The van der Waals surface area contributed by atoms with E-state index in [1.54, 1.807) is 6.08 Å². The van der Waals surface area contributed by atoms with E-state index < -0.39 is 104 Å². The smallest absolute Gasteiger partial charge is 0.258 e. The van der Waals surface area contributed by atoms with Crippen LogP contribution in [0.2, 0.25) is 5.02 Å². The van der Waals surface area contributed by atoms with Crippen LogP contribution < -0.4 is 14.5 Å². The van der Waals surface area contributed by atoms with E-state index in [1.807, 2.05) is 0 Å². The molecule has 0 unspecified atom stereocenters. The maximum Gasteiger partial charge on any atom is 0.258 e. The number of hydrogen-bond acceptors (Lipinski definition) is 6. The minimum absolute atomic E-state index is 0.0124. The monoisotopic (exact) mass is 740 g/mol. The summed E-state index contributed by atoms with van der Waals surface area (Å²) in [6.07, 6.45) is 0.844. The largest absolute Gasteiger partial charge is 0.504 e. The molecule has 1 saturated carbocycles. The fourth-order valence-electron chi connectivity index (χ4n) is 7.67. The second-order valence-corrected chi connectivity index (χ2v) is 13.8. The number of phenols is 1. The Bertz CT molecular complexity index is 2040. The van der Waals surface area contributed by atoms with Gasteiger partial charge in [-0.3, -0.25) is 24.1 Å². The number of allylic oxidation sites excluding steroid dienone is 2. The van der Waals surface area contributed by atoms with Gasteiger partial charge >= 0.3 is 0 Å². The Hall–Kier alpha value is -4.20. The molecule has 3 aromatic carbocycles. The van der Waals surface area contributed by atoms with Crippen LogP contribution in [0.4, 0.5) is 33.3 Å². The van der Waals surface area contributed by atoms with Gasteiger partial charge in [-0.25, -0.2) is 26.9 Å². The number of halogens is 8. The molecule has 7 rings (SSSR count). The van der Waals surface area contributed by atoms with E-state index in [9.17, 15) is 37.5 Å². The summed E-state index contributed by atoms with van der Waals surface area (Å²) in [5.41, 5.74) is -1.41. The molecular formula is C33H20Cl3F5N2O6. The molecule has 4 aliphatic rings.